The number of aromatic nitrogens is 1. The second-order valence-electron chi connectivity index (χ2n) is 8.92. The van der Waals surface area contributed by atoms with Crippen molar-refractivity contribution in [2.45, 2.75) is 31.5 Å². The first-order chi connectivity index (χ1) is 18.0. The van der Waals surface area contributed by atoms with Gasteiger partial charge in [0.25, 0.3) is 0 Å². The summed E-state index contributed by atoms with van der Waals surface area (Å²) >= 11 is 0. The predicted octanol–water partition coefficient (Wildman–Crippen LogP) is 2.59. The Hall–Kier alpha value is -3.90. The fourth-order valence-electron chi connectivity index (χ4n) is 4.23. The molecule has 0 spiro atoms. The van der Waals surface area contributed by atoms with Crippen LogP contribution >= 0.6 is 0 Å². The number of anilines is 1. The molecular weight excluding hydrogens is 507 g/mol. The molecule has 12 heteroatoms. The summed E-state index contributed by atoms with van der Waals surface area (Å²) < 4.78 is 36.9. The first-order valence-corrected chi connectivity index (χ1v) is 11.8. The van der Waals surface area contributed by atoms with Gasteiger partial charge in [-0.2, -0.15) is 13.2 Å². The van der Waals surface area contributed by atoms with Crippen LogP contribution in [0.4, 0.5) is 18.9 Å². The number of carboxylic acids is 2. The first kappa shape index (κ1) is 28.7. The molecule has 204 valence electrons. The number of methoxy groups -OCH3 is 1. The molecule has 0 aliphatic carbocycles. The molecule has 0 saturated heterocycles. The number of carbonyl (C=O) groups excluding carboxylic acids is 1. The number of aromatic amines is 1. The molecule has 0 fully saturated rings. The van der Waals surface area contributed by atoms with Crippen LogP contribution in [-0.2, 0) is 32.1 Å². The molecule has 0 radical (unpaired) electrons. The Bertz CT molecular complexity index is 1290. The lowest BCUT2D eigenvalue weighted by atomic mass is 9.91. The predicted molar refractivity (Wildman–Crippen MR) is 132 cm³/mol. The number of amides is 1. The van der Waals surface area contributed by atoms with E-state index in [1.165, 1.54) is 4.90 Å². The molecule has 5 N–H and O–H groups in total. The van der Waals surface area contributed by atoms with Gasteiger partial charge < -0.3 is 30.2 Å². The van der Waals surface area contributed by atoms with Gasteiger partial charge in [-0.25, -0.2) is 4.79 Å². The number of quaternary nitrogens is 1. The van der Waals surface area contributed by atoms with Crippen molar-refractivity contribution >= 4 is 34.4 Å². The molecule has 2 unspecified atom stereocenters. The highest BCUT2D eigenvalue weighted by molar-refractivity contribution is 5.99. The number of halogens is 3. The number of alkyl halides is 3. The second-order valence-corrected chi connectivity index (χ2v) is 8.92. The molecule has 0 saturated carbocycles. The monoisotopic (exact) mass is 536 g/mol. The van der Waals surface area contributed by atoms with Crippen molar-refractivity contribution in [2.75, 3.05) is 32.1 Å². The van der Waals surface area contributed by atoms with E-state index < -0.39 is 18.1 Å². The highest BCUT2D eigenvalue weighted by atomic mass is 19.4. The quantitative estimate of drug-likeness (QED) is 0.286. The number of ether oxygens (including phenoxy) is 1. The van der Waals surface area contributed by atoms with Crippen LogP contribution in [0.15, 0.2) is 48.5 Å². The number of aliphatic carboxylic acids is 2. The second kappa shape index (κ2) is 12.6. The average molecular weight is 537 g/mol. The van der Waals surface area contributed by atoms with Crippen LogP contribution in [0, 0.1) is 0 Å². The van der Waals surface area contributed by atoms with Gasteiger partial charge in [0.15, 0.2) is 0 Å². The summed E-state index contributed by atoms with van der Waals surface area (Å²) in [6.07, 6.45) is -4.28. The van der Waals surface area contributed by atoms with E-state index in [4.69, 9.17) is 19.7 Å². The van der Waals surface area contributed by atoms with Crippen molar-refractivity contribution in [3.05, 3.63) is 65.4 Å². The number of hydrogen-bond donors (Lipinski definition) is 5. The van der Waals surface area contributed by atoms with E-state index in [1.54, 1.807) is 7.11 Å². The van der Waals surface area contributed by atoms with Gasteiger partial charge in [0.05, 0.1) is 25.5 Å². The molecule has 1 amide bonds. The Balaban J connectivity index is 0.000000505. The summed E-state index contributed by atoms with van der Waals surface area (Å²) in [4.78, 5) is 37.1. The number of hydrogen-bond acceptors (Lipinski definition) is 4. The molecule has 1 aliphatic rings. The smallest absolute Gasteiger partial charge is 0.481 e. The highest BCUT2D eigenvalue weighted by Gasteiger charge is 2.38. The van der Waals surface area contributed by atoms with Crippen LogP contribution in [0.2, 0.25) is 0 Å². The number of benzene rings is 2. The van der Waals surface area contributed by atoms with Crippen molar-refractivity contribution in [1.82, 2.24) is 4.98 Å². The minimum absolute atomic E-state index is 0.00864. The molecule has 2 atom stereocenters. The van der Waals surface area contributed by atoms with Gasteiger partial charge >= 0.3 is 18.1 Å². The van der Waals surface area contributed by atoms with Gasteiger partial charge in [-0.3, -0.25) is 9.59 Å². The molecule has 2 heterocycles. The number of fused-ring (bicyclic) bond motifs is 2. The Labute approximate surface area is 216 Å². The summed E-state index contributed by atoms with van der Waals surface area (Å²) in [5, 5.41) is 20.2. The number of carbonyl (C=O) groups is 3. The number of nitrogens with one attached hydrogen (secondary N) is 3. The average Bonchev–Trinajstić information content (AvgIpc) is 3.28. The van der Waals surface area contributed by atoms with Crippen molar-refractivity contribution in [3.8, 4) is 0 Å². The normalized spacial score (nSPS) is 15.7. The van der Waals surface area contributed by atoms with Crippen LogP contribution in [0.1, 0.15) is 29.2 Å². The fourth-order valence-corrected chi connectivity index (χ4v) is 4.23. The lowest BCUT2D eigenvalue weighted by molar-refractivity contribution is -0.913. The van der Waals surface area contributed by atoms with Crippen molar-refractivity contribution in [3.63, 3.8) is 0 Å². The molecule has 9 nitrogen and oxygen atoms in total. The third-order valence-electron chi connectivity index (χ3n) is 6.15. The third kappa shape index (κ3) is 7.80. The lowest BCUT2D eigenvalue weighted by Crippen LogP contribution is -3.11. The number of H-pyrrole nitrogens is 1. The van der Waals surface area contributed by atoms with Gasteiger partial charge in [-0.15, -0.1) is 0 Å². The number of rotatable bonds is 9. The Morgan fingerprint density at radius 3 is 2.47 bits per heavy atom. The molecular formula is C26H29F3N3O6+. The van der Waals surface area contributed by atoms with Gasteiger partial charge in [-0.05, 0) is 36.2 Å². The summed E-state index contributed by atoms with van der Waals surface area (Å²) in [6, 6.07) is 16.2. The molecule has 4 rings (SSSR count). The summed E-state index contributed by atoms with van der Waals surface area (Å²) in [5.74, 6) is -3.78. The minimum Gasteiger partial charge on any atom is -0.481 e. The maximum atomic E-state index is 12.7. The molecule has 38 heavy (non-hydrogen) atoms. The van der Waals surface area contributed by atoms with E-state index in [1.807, 2.05) is 24.3 Å². The summed E-state index contributed by atoms with van der Waals surface area (Å²) in [6.45, 7) is 2.62. The Morgan fingerprint density at radius 2 is 1.82 bits per heavy atom. The summed E-state index contributed by atoms with van der Waals surface area (Å²) in [5.41, 5.74) is 5.07. The van der Waals surface area contributed by atoms with E-state index in [9.17, 15) is 22.8 Å². The van der Waals surface area contributed by atoms with Crippen LogP contribution in [0.25, 0.3) is 10.9 Å². The van der Waals surface area contributed by atoms with Crippen LogP contribution in [0.5, 0.6) is 0 Å². The van der Waals surface area contributed by atoms with E-state index in [2.05, 4.69) is 34.6 Å². The zero-order chi connectivity index (χ0) is 27.9. The first-order valence-electron chi connectivity index (χ1n) is 11.8. The summed E-state index contributed by atoms with van der Waals surface area (Å²) in [7, 11) is 1.65. The molecule has 1 aliphatic heterocycles. The van der Waals surface area contributed by atoms with Crippen molar-refractivity contribution in [1.29, 1.82) is 0 Å². The van der Waals surface area contributed by atoms with Gasteiger partial charge in [0.1, 0.15) is 13.1 Å². The molecule has 3 aromatic rings. The molecule has 0 bridgehead atoms. The largest absolute Gasteiger partial charge is 0.490 e. The highest BCUT2D eigenvalue weighted by Crippen LogP contribution is 2.32. The van der Waals surface area contributed by atoms with Gasteiger partial charge in [0.2, 0.25) is 5.91 Å². The maximum Gasteiger partial charge on any atom is 0.490 e. The van der Waals surface area contributed by atoms with Gasteiger partial charge in [0, 0.05) is 35.0 Å². The van der Waals surface area contributed by atoms with Crippen LogP contribution in [-0.4, -0.2) is 66.0 Å². The van der Waals surface area contributed by atoms with Crippen molar-refractivity contribution in [2.24, 2.45) is 0 Å². The van der Waals surface area contributed by atoms with Crippen molar-refractivity contribution < 1.29 is 47.4 Å². The maximum absolute atomic E-state index is 12.7. The topological polar surface area (TPSA) is 133 Å². The Morgan fingerprint density at radius 1 is 1.11 bits per heavy atom. The van der Waals surface area contributed by atoms with E-state index in [0.717, 1.165) is 46.5 Å². The fraction of sp³-hybridized carbons (Fsp3) is 0.346. The zero-order valence-electron chi connectivity index (χ0n) is 20.6. The zero-order valence-corrected chi connectivity index (χ0v) is 20.6. The van der Waals surface area contributed by atoms with Gasteiger partial charge in [-0.1, -0.05) is 24.3 Å². The molecule has 2 aromatic carbocycles. The minimum atomic E-state index is -5.08. The van der Waals surface area contributed by atoms with E-state index >= 15 is 0 Å². The SMILES string of the molecule is COCC[NH+](CCC(=O)O)Cc1ccc2[nH]c(C3Cc4ccccc4NC3=O)cc2c1.O=C(O)C(F)(F)F. The van der Waals surface area contributed by atoms with E-state index in [0.29, 0.717) is 19.6 Å². The Kier molecular flexibility index (Phi) is 9.48. The van der Waals surface area contributed by atoms with Crippen LogP contribution in [0.3, 0.4) is 0 Å². The standard InChI is InChI=1S/C24H27N3O4.C2HF3O2/c1-31-11-10-27(9-8-23(28)29)15-16-6-7-21-18(12-16)14-22(25-21)19-13-17-4-2-3-5-20(17)26-24(19)30;3-2(4,5)1(6)7/h2-7,12,14,19,25H,8-11,13,15H2,1H3,(H,26,30)(H,28,29);(H,6,7)/p+1. The molecule has 1 aromatic heterocycles. The number of para-hydroxylation sites is 1. The number of carboxylic acid groups (broad SMARTS) is 2. The van der Waals surface area contributed by atoms with E-state index in [-0.39, 0.29) is 18.2 Å². The lowest BCUT2D eigenvalue weighted by Gasteiger charge is -2.23. The van der Waals surface area contributed by atoms with Crippen LogP contribution < -0.4 is 10.2 Å². The third-order valence-corrected chi connectivity index (χ3v) is 6.15.